The minimum atomic E-state index is -0.219. The van der Waals surface area contributed by atoms with E-state index in [9.17, 15) is 9.59 Å². The van der Waals surface area contributed by atoms with Crippen LogP contribution in [0.2, 0.25) is 0 Å². The Morgan fingerprint density at radius 2 is 1.31 bits per heavy atom. The van der Waals surface area contributed by atoms with E-state index in [1.54, 1.807) is 17.0 Å². The molecular formula is C33H31NO2. The topological polar surface area (TPSA) is 37.4 Å². The number of amides is 1. The molecule has 0 heterocycles. The maximum atomic E-state index is 13.7. The number of aryl methyl sites for hydroxylation is 3. The van der Waals surface area contributed by atoms with Gasteiger partial charge in [-0.3, -0.25) is 9.59 Å². The van der Waals surface area contributed by atoms with E-state index in [2.05, 4.69) is 32.9 Å². The first kappa shape index (κ1) is 24.9. The first-order chi connectivity index (χ1) is 17.4. The molecule has 1 amide bonds. The van der Waals surface area contributed by atoms with Crippen LogP contribution in [-0.4, -0.2) is 11.7 Å². The Balaban J connectivity index is 1.72. The van der Waals surface area contributed by atoms with Crippen LogP contribution in [0.4, 0.5) is 5.69 Å². The number of para-hydroxylation sites is 1. The summed E-state index contributed by atoms with van der Waals surface area (Å²) in [4.78, 5) is 28.4. The van der Waals surface area contributed by atoms with Crippen molar-refractivity contribution >= 4 is 29.5 Å². The van der Waals surface area contributed by atoms with E-state index < -0.39 is 0 Å². The third kappa shape index (κ3) is 6.05. The zero-order valence-electron chi connectivity index (χ0n) is 21.1. The van der Waals surface area contributed by atoms with Crippen LogP contribution < -0.4 is 4.90 Å². The minimum Gasteiger partial charge on any atom is -0.307 e. The molecule has 0 unspecified atom stereocenters. The first-order valence-corrected chi connectivity index (χ1v) is 12.2. The summed E-state index contributed by atoms with van der Waals surface area (Å²) in [6.45, 7) is 6.63. The summed E-state index contributed by atoms with van der Waals surface area (Å²) in [5.74, 6) is -0.399. The number of Topliss-reactive ketones (excluding diaryl/α,β-unsaturated/α-hetero) is 1. The summed E-state index contributed by atoms with van der Waals surface area (Å²) in [5.41, 5.74) is 7.90. The predicted octanol–water partition coefficient (Wildman–Crippen LogP) is 7.59. The van der Waals surface area contributed by atoms with Gasteiger partial charge in [-0.1, -0.05) is 109 Å². The van der Waals surface area contributed by atoms with E-state index in [-0.39, 0.29) is 18.1 Å². The van der Waals surface area contributed by atoms with Crippen molar-refractivity contribution in [3.05, 3.63) is 136 Å². The van der Waals surface area contributed by atoms with Gasteiger partial charge in [0.05, 0.1) is 18.7 Å². The molecule has 0 bridgehead atoms. The van der Waals surface area contributed by atoms with E-state index in [1.807, 2.05) is 84.9 Å². The fraction of sp³-hybridized carbons (Fsp3) is 0.152. The summed E-state index contributed by atoms with van der Waals surface area (Å²) in [5, 5.41) is 0. The number of rotatable bonds is 8. The largest absolute Gasteiger partial charge is 0.307 e. The number of benzene rings is 4. The SMILES string of the molecule is Cc1cc(C)c(CN(C(=O)CC(=O)c2ccccc2)c2ccccc2/C=C/c2ccccc2)c(C)c1. The van der Waals surface area contributed by atoms with Crippen molar-refractivity contribution in [3.63, 3.8) is 0 Å². The van der Waals surface area contributed by atoms with Gasteiger partial charge in [0.1, 0.15) is 0 Å². The highest BCUT2D eigenvalue weighted by Crippen LogP contribution is 2.28. The molecule has 0 aliphatic heterocycles. The van der Waals surface area contributed by atoms with Gasteiger partial charge < -0.3 is 4.90 Å². The number of anilines is 1. The Labute approximate surface area is 213 Å². The maximum absolute atomic E-state index is 13.7. The van der Waals surface area contributed by atoms with Crippen molar-refractivity contribution in [1.82, 2.24) is 0 Å². The predicted molar refractivity (Wildman–Crippen MR) is 149 cm³/mol. The lowest BCUT2D eigenvalue weighted by atomic mass is 9.98. The molecule has 0 fully saturated rings. The van der Waals surface area contributed by atoms with Crippen LogP contribution in [0.3, 0.4) is 0 Å². The quantitative estimate of drug-likeness (QED) is 0.150. The molecule has 0 aromatic heterocycles. The molecule has 0 saturated carbocycles. The second-order valence-corrected chi connectivity index (χ2v) is 9.13. The first-order valence-electron chi connectivity index (χ1n) is 12.2. The highest BCUT2D eigenvalue weighted by Gasteiger charge is 2.23. The van der Waals surface area contributed by atoms with Crippen molar-refractivity contribution < 1.29 is 9.59 Å². The summed E-state index contributed by atoms with van der Waals surface area (Å²) >= 11 is 0. The Morgan fingerprint density at radius 3 is 1.97 bits per heavy atom. The van der Waals surface area contributed by atoms with Crippen LogP contribution in [0.15, 0.2) is 97.1 Å². The summed E-state index contributed by atoms with van der Waals surface area (Å²) < 4.78 is 0. The van der Waals surface area contributed by atoms with Crippen molar-refractivity contribution in [1.29, 1.82) is 0 Å². The van der Waals surface area contributed by atoms with Gasteiger partial charge in [0, 0.05) is 5.56 Å². The zero-order valence-corrected chi connectivity index (χ0v) is 21.1. The lowest BCUT2D eigenvalue weighted by molar-refractivity contribution is -0.117. The molecule has 0 aliphatic rings. The molecule has 4 rings (SSSR count). The Morgan fingerprint density at radius 1 is 0.722 bits per heavy atom. The molecule has 3 nitrogen and oxygen atoms in total. The highest BCUT2D eigenvalue weighted by atomic mass is 16.2. The monoisotopic (exact) mass is 473 g/mol. The standard InChI is InChI=1S/C33H31NO2/c1-24-20-25(2)30(26(3)21-24)23-34(33(36)22-32(35)29-15-8-5-9-16-29)31-17-11-10-14-28(31)19-18-27-12-6-4-7-13-27/h4-21H,22-23H2,1-3H3/b19-18+. The molecule has 0 radical (unpaired) electrons. The van der Waals surface area contributed by atoms with Crippen LogP contribution in [0.1, 0.15) is 50.2 Å². The Kier molecular flexibility index (Phi) is 7.92. The van der Waals surface area contributed by atoms with Gasteiger partial charge >= 0.3 is 0 Å². The van der Waals surface area contributed by atoms with E-state index in [0.29, 0.717) is 12.1 Å². The Hall–Kier alpha value is -4.24. The average Bonchev–Trinajstić information content (AvgIpc) is 2.88. The number of hydrogen-bond donors (Lipinski definition) is 0. The number of carbonyl (C=O) groups is 2. The lowest BCUT2D eigenvalue weighted by Gasteiger charge is -2.26. The smallest absolute Gasteiger partial charge is 0.235 e. The number of carbonyl (C=O) groups excluding carboxylic acids is 2. The fourth-order valence-electron chi connectivity index (χ4n) is 4.51. The van der Waals surface area contributed by atoms with Crippen LogP contribution in [0, 0.1) is 20.8 Å². The third-order valence-electron chi connectivity index (χ3n) is 6.35. The van der Waals surface area contributed by atoms with Crippen molar-refractivity contribution in [2.45, 2.75) is 33.7 Å². The molecule has 4 aromatic rings. The van der Waals surface area contributed by atoms with Gasteiger partial charge in [0.15, 0.2) is 5.78 Å². The summed E-state index contributed by atoms with van der Waals surface area (Å²) in [6, 6.07) is 31.2. The molecule has 36 heavy (non-hydrogen) atoms. The van der Waals surface area contributed by atoms with Gasteiger partial charge in [0.2, 0.25) is 5.91 Å². The molecule has 0 aliphatic carbocycles. The second kappa shape index (κ2) is 11.5. The van der Waals surface area contributed by atoms with E-state index in [4.69, 9.17) is 0 Å². The fourth-order valence-corrected chi connectivity index (χ4v) is 4.51. The van der Waals surface area contributed by atoms with Gasteiger partial charge in [-0.25, -0.2) is 0 Å². The van der Waals surface area contributed by atoms with Crippen LogP contribution >= 0.6 is 0 Å². The molecular weight excluding hydrogens is 442 g/mol. The molecule has 0 saturated heterocycles. The number of ketones is 1. The number of hydrogen-bond acceptors (Lipinski definition) is 2. The van der Waals surface area contributed by atoms with Crippen molar-refractivity contribution in [2.75, 3.05) is 4.90 Å². The normalized spacial score (nSPS) is 11.0. The van der Waals surface area contributed by atoms with E-state index in [0.717, 1.165) is 33.5 Å². The summed E-state index contributed by atoms with van der Waals surface area (Å²) in [7, 11) is 0. The zero-order chi connectivity index (χ0) is 25.5. The van der Waals surface area contributed by atoms with Gasteiger partial charge in [-0.05, 0) is 54.7 Å². The van der Waals surface area contributed by atoms with Crippen LogP contribution in [-0.2, 0) is 11.3 Å². The molecule has 0 atom stereocenters. The lowest BCUT2D eigenvalue weighted by Crippen LogP contribution is -2.33. The van der Waals surface area contributed by atoms with Crippen molar-refractivity contribution in [3.8, 4) is 0 Å². The molecule has 180 valence electrons. The molecule has 3 heteroatoms. The Bertz CT molecular complexity index is 1360. The highest BCUT2D eigenvalue weighted by molar-refractivity contribution is 6.12. The van der Waals surface area contributed by atoms with Crippen molar-refractivity contribution in [2.24, 2.45) is 0 Å². The third-order valence-corrected chi connectivity index (χ3v) is 6.35. The van der Waals surface area contributed by atoms with E-state index >= 15 is 0 Å². The second-order valence-electron chi connectivity index (χ2n) is 9.13. The van der Waals surface area contributed by atoms with Gasteiger partial charge in [-0.15, -0.1) is 0 Å². The van der Waals surface area contributed by atoms with E-state index in [1.165, 1.54) is 5.56 Å². The molecule has 4 aromatic carbocycles. The molecule has 0 spiro atoms. The van der Waals surface area contributed by atoms with Crippen LogP contribution in [0.5, 0.6) is 0 Å². The maximum Gasteiger partial charge on any atom is 0.235 e. The minimum absolute atomic E-state index is 0.180. The van der Waals surface area contributed by atoms with Crippen LogP contribution in [0.25, 0.3) is 12.2 Å². The average molecular weight is 474 g/mol. The molecule has 0 N–H and O–H groups in total. The number of nitrogens with zero attached hydrogens (tertiary/aromatic N) is 1. The van der Waals surface area contributed by atoms with Gasteiger partial charge in [0.25, 0.3) is 0 Å². The summed E-state index contributed by atoms with van der Waals surface area (Å²) in [6.07, 6.45) is 3.88. The van der Waals surface area contributed by atoms with Gasteiger partial charge in [-0.2, -0.15) is 0 Å².